The number of aryl methyl sites for hydroxylation is 1. The number of amides is 1. The maximum absolute atomic E-state index is 13.0. The van der Waals surface area contributed by atoms with Gasteiger partial charge >= 0.3 is 0 Å². The first-order valence-corrected chi connectivity index (χ1v) is 9.05. The van der Waals surface area contributed by atoms with Crippen molar-refractivity contribution in [3.63, 3.8) is 0 Å². The van der Waals surface area contributed by atoms with Gasteiger partial charge in [-0.15, -0.1) is 5.10 Å². The topological polar surface area (TPSA) is 67.4 Å². The van der Waals surface area contributed by atoms with Gasteiger partial charge in [0.25, 0.3) is 5.91 Å². The zero-order valence-electron chi connectivity index (χ0n) is 15.8. The molecule has 3 heterocycles. The van der Waals surface area contributed by atoms with Gasteiger partial charge in [0, 0.05) is 19.1 Å². The molecule has 1 saturated heterocycles. The second-order valence-corrected chi connectivity index (χ2v) is 7.18. The van der Waals surface area contributed by atoms with Crippen LogP contribution in [0.2, 0.25) is 0 Å². The van der Waals surface area contributed by atoms with Gasteiger partial charge < -0.3 is 14.2 Å². The molecular formula is C20H23N5O2. The van der Waals surface area contributed by atoms with Crippen LogP contribution >= 0.6 is 0 Å². The number of benzene rings is 1. The molecule has 0 aliphatic carbocycles. The maximum atomic E-state index is 13.0. The van der Waals surface area contributed by atoms with Gasteiger partial charge in [-0.3, -0.25) is 4.79 Å². The summed E-state index contributed by atoms with van der Waals surface area (Å²) in [5, 5.41) is 4.54. The lowest BCUT2D eigenvalue weighted by Crippen LogP contribution is -2.35. The number of carbonyl (C=O) groups excluding carboxylic acids is 1. The Bertz CT molecular complexity index is 928. The molecule has 7 nitrogen and oxygen atoms in total. The molecular weight excluding hydrogens is 342 g/mol. The number of likely N-dealkylation sites (N-methyl/N-ethyl adjacent to an activating group) is 1. The molecule has 0 saturated carbocycles. The summed E-state index contributed by atoms with van der Waals surface area (Å²) >= 11 is 0. The van der Waals surface area contributed by atoms with E-state index in [1.54, 1.807) is 17.2 Å². The number of hydrogen-bond donors (Lipinski definition) is 0. The first-order valence-electron chi connectivity index (χ1n) is 9.05. The van der Waals surface area contributed by atoms with Crippen LogP contribution < -0.4 is 0 Å². The Morgan fingerprint density at radius 1 is 1.22 bits per heavy atom. The van der Waals surface area contributed by atoms with E-state index in [2.05, 4.69) is 15.0 Å². The number of furan rings is 1. The summed E-state index contributed by atoms with van der Waals surface area (Å²) < 4.78 is 6.91. The first-order chi connectivity index (χ1) is 13.0. The molecule has 4 rings (SSSR count). The maximum Gasteiger partial charge on any atom is 0.293 e. The average molecular weight is 365 g/mol. The summed E-state index contributed by atoms with van der Waals surface area (Å²) in [5.41, 5.74) is 2.80. The van der Waals surface area contributed by atoms with E-state index in [1.165, 1.54) is 0 Å². The van der Waals surface area contributed by atoms with E-state index in [9.17, 15) is 4.79 Å². The van der Waals surface area contributed by atoms with Crippen molar-refractivity contribution < 1.29 is 9.21 Å². The second kappa shape index (κ2) is 7.00. The molecule has 1 aliphatic heterocycles. The van der Waals surface area contributed by atoms with E-state index in [4.69, 9.17) is 4.42 Å². The minimum atomic E-state index is -0.130. The average Bonchev–Trinajstić information content (AvgIpc) is 3.40. The molecule has 1 atom stereocenters. The van der Waals surface area contributed by atoms with Crippen LogP contribution in [-0.2, 0) is 0 Å². The molecule has 1 amide bonds. The highest BCUT2D eigenvalue weighted by molar-refractivity contribution is 5.91. The van der Waals surface area contributed by atoms with Crippen LogP contribution in [0.3, 0.4) is 0 Å². The fourth-order valence-electron chi connectivity index (χ4n) is 3.34. The Labute approximate surface area is 158 Å². The summed E-state index contributed by atoms with van der Waals surface area (Å²) in [6, 6.07) is 10.2. The van der Waals surface area contributed by atoms with E-state index in [1.807, 2.05) is 56.3 Å². The Morgan fingerprint density at radius 2 is 2.00 bits per heavy atom. The van der Waals surface area contributed by atoms with Crippen molar-refractivity contribution in [3.05, 3.63) is 54.2 Å². The minimum absolute atomic E-state index is 0.130. The van der Waals surface area contributed by atoms with Gasteiger partial charge in [0.2, 0.25) is 5.82 Å². The number of likely N-dealkylation sites (tertiary alicyclic amines) is 1. The third-order valence-electron chi connectivity index (χ3n) is 5.04. The highest BCUT2D eigenvalue weighted by Crippen LogP contribution is 2.23. The van der Waals surface area contributed by atoms with Gasteiger partial charge in [0.05, 0.1) is 17.5 Å². The van der Waals surface area contributed by atoms with Crippen LogP contribution in [0.4, 0.5) is 0 Å². The highest BCUT2D eigenvalue weighted by Gasteiger charge is 2.31. The predicted octanol–water partition coefficient (Wildman–Crippen LogP) is 2.61. The van der Waals surface area contributed by atoms with E-state index in [0.717, 1.165) is 29.8 Å². The van der Waals surface area contributed by atoms with Crippen molar-refractivity contribution in [3.8, 4) is 17.1 Å². The molecule has 2 aromatic heterocycles. The predicted molar refractivity (Wildman–Crippen MR) is 102 cm³/mol. The Hall–Kier alpha value is -2.93. The van der Waals surface area contributed by atoms with E-state index < -0.39 is 0 Å². The van der Waals surface area contributed by atoms with Gasteiger partial charge in [-0.05, 0) is 45.6 Å². The second-order valence-electron chi connectivity index (χ2n) is 7.18. The Kier molecular flexibility index (Phi) is 4.53. The smallest absolute Gasteiger partial charge is 0.293 e. The van der Waals surface area contributed by atoms with Crippen molar-refractivity contribution in [1.29, 1.82) is 0 Å². The number of rotatable bonds is 4. The fourth-order valence-corrected chi connectivity index (χ4v) is 3.34. The zero-order chi connectivity index (χ0) is 19.0. The van der Waals surface area contributed by atoms with Gasteiger partial charge in [-0.2, -0.15) is 0 Å². The monoisotopic (exact) mass is 365 g/mol. The van der Waals surface area contributed by atoms with Gasteiger partial charge in [0.15, 0.2) is 5.82 Å². The largest absolute Gasteiger partial charge is 0.472 e. The summed E-state index contributed by atoms with van der Waals surface area (Å²) in [6.45, 7) is 3.46. The van der Waals surface area contributed by atoms with Gasteiger partial charge in [-0.1, -0.05) is 17.7 Å². The van der Waals surface area contributed by atoms with Crippen molar-refractivity contribution in [2.24, 2.45) is 0 Å². The normalized spacial score (nSPS) is 17.0. The van der Waals surface area contributed by atoms with E-state index >= 15 is 0 Å². The minimum Gasteiger partial charge on any atom is -0.472 e. The van der Waals surface area contributed by atoms with Crippen LogP contribution in [0.5, 0.6) is 0 Å². The standard InChI is InChI=1S/C20H23N5O2/c1-14-4-6-16(7-5-14)25-19(15-9-11-27-13-15)21-18(22-25)20(26)24-10-8-17(12-24)23(2)3/h4-7,9,11,13,17H,8,10,12H2,1-3H3. The van der Waals surface area contributed by atoms with Crippen LogP contribution in [0.1, 0.15) is 22.6 Å². The molecule has 7 heteroatoms. The number of nitrogens with zero attached hydrogens (tertiary/aromatic N) is 5. The van der Waals surface area contributed by atoms with Crippen molar-refractivity contribution in [2.75, 3.05) is 27.2 Å². The third kappa shape index (κ3) is 3.38. The summed E-state index contributed by atoms with van der Waals surface area (Å²) in [7, 11) is 4.08. The van der Waals surface area contributed by atoms with Crippen molar-refractivity contribution in [2.45, 2.75) is 19.4 Å². The van der Waals surface area contributed by atoms with Gasteiger partial charge in [-0.25, -0.2) is 9.67 Å². The molecule has 3 aromatic rings. The highest BCUT2D eigenvalue weighted by atomic mass is 16.3. The lowest BCUT2D eigenvalue weighted by atomic mass is 10.2. The number of carbonyl (C=O) groups is 1. The van der Waals surface area contributed by atoms with Crippen LogP contribution in [-0.4, -0.2) is 63.7 Å². The van der Waals surface area contributed by atoms with E-state index in [0.29, 0.717) is 18.4 Å². The molecule has 0 radical (unpaired) electrons. The van der Waals surface area contributed by atoms with Crippen LogP contribution in [0.15, 0.2) is 47.3 Å². The number of aromatic nitrogens is 3. The lowest BCUT2D eigenvalue weighted by molar-refractivity contribution is 0.0771. The SMILES string of the molecule is Cc1ccc(-n2nc(C(=O)N3CCC(N(C)C)C3)nc2-c2ccoc2)cc1. The number of hydrogen-bond acceptors (Lipinski definition) is 5. The molecule has 1 fully saturated rings. The van der Waals surface area contributed by atoms with Gasteiger partial charge in [0.1, 0.15) is 6.26 Å². The molecule has 0 spiro atoms. The Balaban J connectivity index is 1.69. The summed E-state index contributed by atoms with van der Waals surface area (Å²) in [4.78, 5) is 21.5. The van der Waals surface area contributed by atoms with Crippen LogP contribution in [0, 0.1) is 6.92 Å². The fraction of sp³-hybridized carbons (Fsp3) is 0.350. The third-order valence-corrected chi connectivity index (χ3v) is 5.04. The lowest BCUT2D eigenvalue weighted by Gasteiger charge is -2.19. The summed E-state index contributed by atoms with van der Waals surface area (Å²) in [5.74, 6) is 0.681. The molecule has 0 bridgehead atoms. The molecule has 0 N–H and O–H groups in total. The molecule has 1 aromatic carbocycles. The van der Waals surface area contributed by atoms with Crippen molar-refractivity contribution in [1.82, 2.24) is 24.6 Å². The molecule has 140 valence electrons. The quantitative estimate of drug-likeness (QED) is 0.711. The summed E-state index contributed by atoms with van der Waals surface area (Å²) in [6.07, 6.45) is 4.17. The Morgan fingerprint density at radius 3 is 2.63 bits per heavy atom. The van der Waals surface area contributed by atoms with Crippen molar-refractivity contribution >= 4 is 5.91 Å². The molecule has 27 heavy (non-hydrogen) atoms. The molecule has 1 aliphatic rings. The zero-order valence-corrected chi connectivity index (χ0v) is 15.8. The molecule has 1 unspecified atom stereocenters. The first kappa shape index (κ1) is 17.5. The van der Waals surface area contributed by atoms with Crippen LogP contribution in [0.25, 0.3) is 17.1 Å². The van der Waals surface area contributed by atoms with E-state index in [-0.39, 0.29) is 11.7 Å².